The lowest BCUT2D eigenvalue weighted by atomic mass is 10.0. The summed E-state index contributed by atoms with van der Waals surface area (Å²) >= 11 is 3.09. The summed E-state index contributed by atoms with van der Waals surface area (Å²) in [6, 6.07) is 13.2. The van der Waals surface area contributed by atoms with E-state index >= 15 is 0 Å². The largest absolute Gasteiger partial charge is 0.301 e. The van der Waals surface area contributed by atoms with Gasteiger partial charge in [-0.2, -0.15) is 0 Å². The fraction of sp³-hybridized carbons (Fsp3) is 0.273. The molecule has 30 heavy (non-hydrogen) atoms. The zero-order valence-electron chi connectivity index (χ0n) is 16.6. The Morgan fingerprint density at radius 1 is 1.10 bits per heavy atom. The number of hydrogen-bond donors (Lipinski definition) is 1. The van der Waals surface area contributed by atoms with Crippen molar-refractivity contribution in [2.75, 3.05) is 18.4 Å². The number of benzene rings is 2. The van der Waals surface area contributed by atoms with E-state index in [1.165, 1.54) is 39.7 Å². The molecule has 0 fully saturated rings. The van der Waals surface area contributed by atoms with Gasteiger partial charge < -0.3 is 5.32 Å². The molecule has 1 aliphatic heterocycles. The highest BCUT2D eigenvalue weighted by molar-refractivity contribution is 7.18. The Hall–Kier alpha value is -2.68. The van der Waals surface area contributed by atoms with Gasteiger partial charge in [0, 0.05) is 32.1 Å². The lowest BCUT2D eigenvalue weighted by Gasteiger charge is -2.19. The molecule has 0 spiro atoms. The van der Waals surface area contributed by atoms with Crippen molar-refractivity contribution >= 4 is 43.9 Å². The minimum absolute atomic E-state index is 0.131. The zero-order chi connectivity index (χ0) is 20.5. The van der Waals surface area contributed by atoms with Crippen LogP contribution in [-0.4, -0.2) is 39.1 Å². The molecule has 0 saturated heterocycles. The average molecular weight is 436 g/mol. The van der Waals surface area contributed by atoms with Gasteiger partial charge in [0.05, 0.1) is 15.7 Å². The predicted octanol–water partition coefficient (Wildman–Crippen LogP) is 4.37. The smallest absolute Gasteiger partial charge is 0.223 e. The monoisotopic (exact) mass is 435 g/mol. The fourth-order valence-corrected chi connectivity index (χ4v) is 5.31. The quantitative estimate of drug-likeness (QED) is 0.515. The summed E-state index contributed by atoms with van der Waals surface area (Å²) in [5.41, 5.74) is 8.16. The second-order valence-corrected chi connectivity index (χ2v) is 9.37. The second-order valence-electron chi connectivity index (χ2n) is 7.51. The number of anilines is 1. The van der Waals surface area contributed by atoms with Crippen molar-refractivity contribution < 1.29 is 4.79 Å². The van der Waals surface area contributed by atoms with Crippen molar-refractivity contribution in [2.45, 2.75) is 26.3 Å². The summed E-state index contributed by atoms with van der Waals surface area (Å²) in [6.45, 7) is 4.50. The van der Waals surface area contributed by atoms with E-state index in [0.717, 1.165) is 48.6 Å². The van der Waals surface area contributed by atoms with Gasteiger partial charge in [-0.05, 0) is 47.7 Å². The van der Waals surface area contributed by atoms with Crippen molar-refractivity contribution in [3.63, 3.8) is 0 Å². The topological polar surface area (TPSA) is 71.0 Å². The van der Waals surface area contributed by atoms with Gasteiger partial charge in [0.2, 0.25) is 11.0 Å². The van der Waals surface area contributed by atoms with Crippen molar-refractivity contribution in [1.82, 2.24) is 20.1 Å². The number of nitrogens with one attached hydrogen (secondary N) is 1. The number of thiazole rings is 1. The first-order chi connectivity index (χ1) is 14.6. The van der Waals surface area contributed by atoms with E-state index < -0.39 is 0 Å². The van der Waals surface area contributed by atoms with E-state index in [2.05, 4.69) is 61.8 Å². The summed E-state index contributed by atoms with van der Waals surface area (Å²) < 4.78 is 1.24. The highest BCUT2D eigenvalue weighted by atomic mass is 32.1. The molecule has 0 bridgehead atoms. The van der Waals surface area contributed by atoms with E-state index in [0.29, 0.717) is 5.13 Å². The molecule has 0 aliphatic carbocycles. The molecule has 1 amide bonds. The Balaban J connectivity index is 1.30. The van der Waals surface area contributed by atoms with Crippen LogP contribution in [0.25, 0.3) is 20.8 Å². The number of amides is 1. The molecule has 6 nitrogen and oxygen atoms in total. The summed E-state index contributed by atoms with van der Waals surface area (Å²) in [5, 5.41) is 12.4. The van der Waals surface area contributed by atoms with Crippen LogP contribution in [0.1, 0.15) is 23.6 Å². The molecular weight excluding hydrogens is 414 g/mol. The van der Waals surface area contributed by atoms with Gasteiger partial charge in [0.25, 0.3) is 0 Å². The van der Waals surface area contributed by atoms with E-state index in [-0.39, 0.29) is 5.91 Å². The van der Waals surface area contributed by atoms with Crippen LogP contribution in [0.4, 0.5) is 5.13 Å². The van der Waals surface area contributed by atoms with Crippen LogP contribution in [-0.2, 0) is 24.2 Å². The maximum absolute atomic E-state index is 11.2. The second kappa shape index (κ2) is 8.22. The standard InChI is InChI=1S/C22H21N5OS2/c1-14(28)24-22-26-25-21(30-22)18-4-3-16-6-8-27(9-7-17(16)11-18)12-15-2-5-20-19(10-15)23-13-29-20/h2-5,10-11,13H,6-9,12H2,1H3,(H,24,26,28). The van der Waals surface area contributed by atoms with E-state index in [9.17, 15) is 4.79 Å². The van der Waals surface area contributed by atoms with Gasteiger partial charge in [-0.3, -0.25) is 9.69 Å². The maximum atomic E-state index is 11.2. The summed E-state index contributed by atoms with van der Waals surface area (Å²) in [6.07, 6.45) is 2.06. The molecule has 1 N–H and O–H groups in total. The number of hydrogen-bond acceptors (Lipinski definition) is 7. The van der Waals surface area contributed by atoms with Crippen molar-refractivity contribution in [2.24, 2.45) is 0 Å². The highest BCUT2D eigenvalue weighted by Crippen LogP contribution is 2.29. The molecule has 2 aromatic carbocycles. The number of nitrogens with zero attached hydrogens (tertiary/aromatic N) is 4. The van der Waals surface area contributed by atoms with Gasteiger partial charge in [0.15, 0.2) is 0 Å². The van der Waals surface area contributed by atoms with Crippen LogP contribution in [0.3, 0.4) is 0 Å². The number of rotatable bonds is 4. The SMILES string of the molecule is CC(=O)Nc1nnc(-c2ccc3c(c2)CCN(Cc2ccc4scnc4c2)CC3)s1. The Labute approximate surface area is 182 Å². The third kappa shape index (κ3) is 4.12. The molecule has 5 rings (SSSR count). The minimum Gasteiger partial charge on any atom is -0.301 e. The number of fused-ring (bicyclic) bond motifs is 2. The van der Waals surface area contributed by atoms with Gasteiger partial charge in [-0.25, -0.2) is 4.98 Å². The Morgan fingerprint density at radius 2 is 1.97 bits per heavy atom. The molecule has 152 valence electrons. The summed E-state index contributed by atoms with van der Waals surface area (Å²) in [5.74, 6) is -0.131. The van der Waals surface area contributed by atoms with Crippen LogP contribution < -0.4 is 5.32 Å². The Kier molecular flexibility index (Phi) is 5.28. The minimum atomic E-state index is -0.131. The van der Waals surface area contributed by atoms with E-state index in [1.807, 2.05) is 5.51 Å². The molecule has 0 unspecified atom stereocenters. The van der Waals surface area contributed by atoms with Crippen LogP contribution in [0.15, 0.2) is 41.9 Å². The van der Waals surface area contributed by atoms with Crippen molar-refractivity contribution in [1.29, 1.82) is 0 Å². The molecule has 0 saturated carbocycles. The lowest BCUT2D eigenvalue weighted by molar-refractivity contribution is -0.114. The molecule has 3 heterocycles. The van der Waals surface area contributed by atoms with Crippen molar-refractivity contribution in [3.05, 3.63) is 58.6 Å². The van der Waals surface area contributed by atoms with Crippen LogP contribution >= 0.6 is 22.7 Å². The summed E-state index contributed by atoms with van der Waals surface area (Å²) in [7, 11) is 0. The average Bonchev–Trinajstić information content (AvgIpc) is 3.34. The molecule has 0 atom stereocenters. The van der Waals surface area contributed by atoms with Gasteiger partial charge in [0.1, 0.15) is 5.01 Å². The molecular formula is C22H21N5OS2. The number of carbonyl (C=O) groups excluding carboxylic acids is 1. The molecule has 2 aromatic heterocycles. The first-order valence-electron chi connectivity index (χ1n) is 9.92. The molecule has 4 aromatic rings. The lowest BCUT2D eigenvalue weighted by Crippen LogP contribution is -2.25. The Morgan fingerprint density at radius 3 is 2.83 bits per heavy atom. The highest BCUT2D eigenvalue weighted by Gasteiger charge is 2.16. The zero-order valence-corrected chi connectivity index (χ0v) is 18.2. The Bertz CT molecular complexity index is 1220. The summed E-state index contributed by atoms with van der Waals surface area (Å²) in [4.78, 5) is 18.2. The normalized spacial score (nSPS) is 14.4. The molecule has 0 radical (unpaired) electrons. The third-order valence-corrected chi connectivity index (χ3v) is 7.05. The number of carbonyl (C=O) groups is 1. The van der Waals surface area contributed by atoms with Gasteiger partial charge >= 0.3 is 0 Å². The predicted molar refractivity (Wildman–Crippen MR) is 122 cm³/mol. The number of aromatic nitrogens is 3. The maximum Gasteiger partial charge on any atom is 0.223 e. The van der Waals surface area contributed by atoms with E-state index in [1.54, 1.807) is 11.3 Å². The first kappa shape index (κ1) is 19.3. The molecule has 8 heteroatoms. The third-order valence-electron chi connectivity index (χ3n) is 5.36. The first-order valence-corrected chi connectivity index (χ1v) is 11.6. The van der Waals surface area contributed by atoms with E-state index in [4.69, 9.17) is 0 Å². The van der Waals surface area contributed by atoms with Crippen LogP contribution in [0.5, 0.6) is 0 Å². The fourth-order valence-electron chi connectivity index (χ4n) is 3.86. The van der Waals surface area contributed by atoms with Gasteiger partial charge in [-0.15, -0.1) is 21.5 Å². The van der Waals surface area contributed by atoms with Crippen LogP contribution in [0, 0.1) is 0 Å². The molecule has 1 aliphatic rings. The van der Waals surface area contributed by atoms with Crippen LogP contribution in [0.2, 0.25) is 0 Å². The van der Waals surface area contributed by atoms with Crippen molar-refractivity contribution in [3.8, 4) is 10.6 Å². The van der Waals surface area contributed by atoms with Gasteiger partial charge in [-0.1, -0.05) is 29.5 Å².